The fraction of sp³-hybridized carbons (Fsp3) is 0.812. The lowest BCUT2D eigenvalue weighted by molar-refractivity contribution is -0.138. The highest BCUT2D eigenvalue weighted by atomic mass is 16.5. The molecule has 1 saturated carbocycles. The number of carbonyl (C=O) groups excluding carboxylic acids is 1. The van der Waals surface area contributed by atoms with Crippen LogP contribution < -0.4 is 10.6 Å². The summed E-state index contributed by atoms with van der Waals surface area (Å²) in [7, 11) is 0. The van der Waals surface area contributed by atoms with E-state index in [0.717, 1.165) is 31.7 Å². The van der Waals surface area contributed by atoms with Crippen LogP contribution in [0.1, 0.15) is 33.1 Å². The third-order valence-electron chi connectivity index (χ3n) is 4.60. The molecule has 0 aromatic carbocycles. The third kappa shape index (κ3) is 4.80. The molecule has 0 aromatic rings. The summed E-state index contributed by atoms with van der Waals surface area (Å²) in [4.78, 5) is 13.5. The Hall–Kier alpha value is -0.910. The maximum Gasteiger partial charge on any atom is 0.330 e. The average Bonchev–Trinajstić information content (AvgIpc) is 2.46. The van der Waals surface area contributed by atoms with E-state index >= 15 is 0 Å². The van der Waals surface area contributed by atoms with Crippen molar-refractivity contribution in [1.29, 1.82) is 0 Å². The number of ether oxygens (including phenoxy) is 1. The van der Waals surface area contributed by atoms with Crippen molar-refractivity contribution in [2.75, 3.05) is 26.5 Å². The van der Waals surface area contributed by atoms with Crippen molar-refractivity contribution >= 4 is 5.97 Å². The molecule has 0 aromatic heterocycles. The van der Waals surface area contributed by atoms with Gasteiger partial charge in [0.25, 0.3) is 0 Å². The molecule has 1 saturated heterocycles. The van der Waals surface area contributed by atoms with Gasteiger partial charge in [-0.15, -0.1) is 0 Å². The fourth-order valence-electron chi connectivity index (χ4n) is 3.88. The first-order chi connectivity index (χ1) is 10.1. The molecule has 2 aliphatic rings. The number of hydrogen-bond donors (Lipinski definition) is 2. The highest BCUT2D eigenvalue weighted by Gasteiger charge is 2.34. The van der Waals surface area contributed by atoms with Crippen LogP contribution in [0.15, 0.2) is 12.7 Å². The van der Waals surface area contributed by atoms with Gasteiger partial charge < -0.3 is 4.74 Å². The normalized spacial score (nSPS) is 34.4. The van der Waals surface area contributed by atoms with Crippen LogP contribution in [0.25, 0.3) is 0 Å². The van der Waals surface area contributed by atoms with Gasteiger partial charge in [0.1, 0.15) is 6.61 Å². The summed E-state index contributed by atoms with van der Waals surface area (Å²) in [5.74, 6) is 1.94. The zero-order chi connectivity index (χ0) is 15.2. The van der Waals surface area contributed by atoms with Gasteiger partial charge in [0.05, 0.1) is 12.8 Å². The first kappa shape index (κ1) is 16.5. The van der Waals surface area contributed by atoms with Crippen LogP contribution in [-0.4, -0.2) is 43.5 Å². The minimum atomic E-state index is -0.343. The molecular formula is C16H29N3O2. The lowest BCUT2D eigenvalue weighted by Gasteiger charge is -2.44. The van der Waals surface area contributed by atoms with E-state index < -0.39 is 0 Å². The van der Waals surface area contributed by atoms with Gasteiger partial charge in [-0.25, -0.2) is 4.79 Å². The highest BCUT2D eigenvalue weighted by molar-refractivity contribution is 5.81. The van der Waals surface area contributed by atoms with Crippen LogP contribution in [0.5, 0.6) is 0 Å². The van der Waals surface area contributed by atoms with Gasteiger partial charge >= 0.3 is 5.97 Å². The van der Waals surface area contributed by atoms with E-state index in [9.17, 15) is 4.79 Å². The summed E-state index contributed by atoms with van der Waals surface area (Å²) in [6.07, 6.45) is 5.52. The predicted molar refractivity (Wildman–Crippen MR) is 83.3 cm³/mol. The van der Waals surface area contributed by atoms with Gasteiger partial charge in [0, 0.05) is 19.3 Å². The Bertz CT molecular complexity index is 351. The molecule has 5 nitrogen and oxygen atoms in total. The predicted octanol–water partition coefficient (Wildman–Crippen LogP) is 1.52. The molecule has 1 aliphatic heterocycles. The van der Waals surface area contributed by atoms with Gasteiger partial charge in [-0.05, 0) is 37.0 Å². The topological polar surface area (TPSA) is 53.6 Å². The van der Waals surface area contributed by atoms with E-state index in [1.165, 1.54) is 25.3 Å². The third-order valence-corrected chi connectivity index (χ3v) is 4.60. The van der Waals surface area contributed by atoms with Crippen LogP contribution in [0.2, 0.25) is 0 Å². The Morgan fingerprint density at radius 3 is 2.71 bits per heavy atom. The molecule has 1 heterocycles. The Morgan fingerprint density at radius 1 is 1.33 bits per heavy atom. The summed E-state index contributed by atoms with van der Waals surface area (Å²) < 4.78 is 5.12. The molecule has 0 radical (unpaired) electrons. The number of carbonyl (C=O) groups is 1. The van der Waals surface area contributed by atoms with Crippen LogP contribution in [0.4, 0.5) is 0 Å². The monoisotopic (exact) mass is 295 g/mol. The standard InChI is InChI=1S/C16H29N3O2/c1-4-15(20)21-6-5-19-11-17-10-18-16(19)14-8-12(2)7-13(3)9-14/h4,12-14,16-18H,1,5-11H2,2-3H3. The Balaban J connectivity index is 1.88. The highest BCUT2D eigenvalue weighted by Crippen LogP contribution is 2.35. The van der Waals surface area contributed by atoms with Crippen molar-refractivity contribution in [3.63, 3.8) is 0 Å². The zero-order valence-corrected chi connectivity index (χ0v) is 13.3. The summed E-state index contributed by atoms with van der Waals surface area (Å²) in [6, 6.07) is 0. The number of nitrogens with zero attached hydrogens (tertiary/aromatic N) is 1. The molecule has 0 spiro atoms. The largest absolute Gasteiger partial charge is 0.461 e. The van der Waals surface area contributed by atoms with Crippen LogP contribution in [0, 0.1) is 17.8 Å². The molecule has 5 heteroatoms. The maximum absolute atomic E-state index is 11.1. The van der Waals surface area contributed by atoms with E-state index in [4.69, 9.17) is 4.74 Å². The quantitative estimate of drug-likeness (QED) is 0.595. The Morgan fingerprint density at radius 2 is 2.05 bits per heavy atom. The smallest absolute Gasteiger partial charge is 0.330 e. The van der Waals surface area contributed by atoms with E-state index in [1.54, 1.807) is 0 Å². The van der Waals surface area contributed by atoms with E-state index in [-0.39, 0.29) is 5.97 Å². The summed E-state index contributed by atoms with van der Waals surface area (Å²) >= 11 is 0. The summed E-state index contributed by atoms with van der Waals surface area (Å²) in [6.45, 7) is 11.0. The van der Waals surface area contributed by atoms with Crippen LogP contribution >= 0.6 is 0 Å². The molecule has 2 rings (SSSR count). The number of hydrogen-bond acceptors (Lipinski definition) is 5. The second-order valence-electron chi connectivity index (χ2n) is 6.60. The molecule has 21 heavy (non-hydrogen) atoms. The van der Waals surface area contributed by atoms with Gasteiger partial charge in [-0.3, -0.25) is 15.5 Å². The first-order valence-electron chi connectivity index (χ1n) is 8.07. The molecule has 120 valence electrons. The molecule has 1 aliphatic carbocycles. The molecule has 0 amide bonds. The van der Waals surface area contributed by atoms with Crippen LogP contribution in [0.3, 0.4) is 0 Å². The lowest BCUT2D eigenvalue weighted by Crippen LogP contribution is -2.62. The summed E-state index contributed by atoms with van der Waals surface area (Å²) in [5.41, 5.74) is 0. The van der Waals surface area contributed by atoms with Crippen molar-refractivity contribution < 1.29 is 9.53 Å². The zero-order valence-electron chi connectivity index (χ0n) is 13.3. The van der Waals surface area contributed by atoms with Gasteiger partial charge in [0.15, 0.2) is 0 Å². The molecule has 3 unspecified atom stereocenters. The Labute approximate surface area is 128 Å². The molecule has 2 fully saturated rings. The van der Waals surface area contributed by atoms with Crippen molar-refractivity contribution in [3.8, 4) is 0 Å². The Kier molecular flexibility index (Phi) is 6.21. The molecule has 0 bridgehead atoms. The summed E-state index contributed by atoms with van der Waals surface area (Å²) in [5, 5.41) is 6.92. The number of rotatable bonds is 5. The second-order valence-corrected chi connectivity index (χ2v) is 6.60. The van der Waals surface area contributed by atoms with Crippen molar-refractivity contribution in [3.05, 3.63) is 12.7 Å². The minimum absolute atomic E-state index is 0.343. The average molecular weight is 295 g/mol. The van der Waals surface area contributed by atoms with Crippen molar-refractivity contribution in [2.45, 2.75) is 39.3 Å². The van der Waals surface area contributed by atoms with E-state index in [1.807, 2.05) is 0 Å². The SMILES string of the molecule is C=CC(=O)OCCN1CNCNC1C1CC(C)CC(C)C1. The van der Waals surface area contributed by atoms with Crippen LogP contribution in [-0.2, 0) is 9.53 Å². The lowest BCUT2D eigenvalue weighted by atomic mass is 9.75. The molecule has 2 N–H and O–H groups in total. The first-order valence-corrected chi connectivity index (χ1v) is 8.07. The van der Waals surface area contributed by atoms with Crippen molar-refractivity contribution in [2.24, 2.45) is 17.8 Å². The fourth-order valence-corrected chi connectivity index (χ4v) is 3.88. The maximum atomic E-state index is 11.1. The second kappa shape index (κ2) is 7.92. The van der Waals surface area contributed by atoms with Gasteiger partial charge in [-0.2, -0.15) is 0 Å². The minimum Gasteiger partial charge on any atom is -0.461 e. The number of nitrogens with one attached hydrogen (secondary N) is 2. The van der Waals surface area contributed by atoms with Gasteiger partial charge in [-0.1, -0.05) is 20.4 Å². The van der Waals surface area contributed by atoms with E-state index in [2.05, 4.69) is 36.0 Å². The van der Waals surface area contributed by atoms with Gasteiger partial charge in [0.2, 0.25) is 0 Å². The van der Waals surface area contributed by atoms with E-state index in [0.29, 0.717) is 18.7 Å². The molecule has 3 atom stereocenters. The van der Waals surface area contributed by atoms with Crippen molar-refractivity contribution in [1.82, 2.24) is 15.5 Å². The molecular weight excluding hydrogens is 266 g/mol. The number of esters is 1.